The summed E-state index contributed by atoms with van der Waals surface area (Å²) in [6.45, 7) is 5.09. The van der Waals surface area contributed by atoms with E-state index in [1.165, 1.54) is 0 Å². The maximum Gasteiger partial charge on any atom is 0.124 e. The van der Waals surface area contributed by atoms with E-state index in [4.69, 9.17) is 14.7 Å². The second-order valence-corrected chi connectivity index (χ2v) is 5.28. The average Bonchev–Trinajstić information content (AvgIpc) is 2.42. The van der Waals surface area contributed by atoms with E-state index in [1.807, 2.05) is 18.2 Å². The Kier molecular flexibility index (Phi) is 5.50. The van der Waals surface area contributed by atoms with E-state index >= 15 is 0 Å². The van der Waals surface area contributed by atoms with Crippen molar-refractivity contribution in [3.63, 3.8) is 0 Å². The third-order valence-electron chi connectivity index (χ3n) is 3.04. The van der Waals surface area contributed by atoms with Gasteiger partial charge in [-0.05, 0) is 11.8 Å². The average molecular weight is 262 g/mol. The minimum absolute atomic E-state index is 0.0754. The SMILES string of the molecule is COc1cc(NCC(C)(C)CCC#N)cc(OC)c1. The Morgan fingerprint density at radius 1 is 1.16 bits per heavy atom. The molecule has 4 heteroatoms. The molecule has 0 bridgehead atoms. The van der Waals surface area contributed by atoms with Crippen molar-refractivity contribution in [2.75, 3.05) is 26.1 Å². The number of benzene rings is 1. The third-order valence-corrected chi connectivity index (χ3v) is 3.04. The molecule has 0 amide bonds. The first-order valence-corrected chi connectivity index (χ1v) is 6.34. The summed E-state index contributed by atoms with van der Waals surface area (Å²) in [6.07, 6.45) is 1.45. The van der Waals surface area contributed by atoms with Gasteiger partial charge in [-0.3, -0.25) is 0 Å². The summed E-state index contributed by atoms with van der Waals surface area (Å²) in [4.78, 5) is 0. The van der Waals surface area contributed by atoms with Crippen LogP contribution in [0.1, 0.15) is 26.7 Å². The van der Waals surface area contributed by atoms with Crippen LogP contribution in [0.2, 0.25) is 0 Å². The first kappa shape index (κ1) is 15.2. The van der Waals surface area contributed by atoms with E-state index in [1.54, 1.807) is 14.2 Å². The molecule has 1 aromatic rings. The van der Waals surface area contributed by atoms with Crippen molar-refractivity contribution in [3.05, 3.63) is 18.2 Å². The zero-order chi connectivity index (χ0) is 14.3. The molecule has 0 saturated heterocycles. The highest BCUT2D eigenvalue weighted by Gasteiger charge is 2.17. The normalized spacial score (nSPS) is 10.7. The van der Waals surface area contributed by atoms with E-state index in [9.17, 15) is 0 Å². The Morgan fingerprint density at radius 3 is 2.21 bits per heavy atom. The Labute approximate surface area is 115 Å². The number of nitrogens with one attached hydrogen (secondary N) is 1. The van der Waals surface area contributed by atoms with Crippen LogP contribution in [0.4, 0.5) is 5.69 Å². The Hall–Kier alpha value is -1.89. The summed E-state index contributed by atoms with van der Waals surface area (Å²) >= 11 is 0. The minimum Gasteiger partial charge on any atom is -0.497 e. The van der Waals surface area contributed by atoms with E-state index in [0.29, 0.717) is 6.42 Å². The van der Waals surface area contributed by atoms with Gasteiger partial charge in [0.2, 0.25) is 0 Å². The van der Waals surface area contributed by atoms with Gasteiger partial charge in [-0.2, -0.15) is 5.26 Å². The molecule has 0 spiro atoms. The minimum atomic E-state index is 0.0754. The summed E-state index contributed by atoms with van der Waals surface area (Å²) < 4.78 is 10.5. The monoisotopic (exact) mass is 262 g/mol. The van der Waals surface area contributed by atoms with Crippen LogP contribution in [0.3, 0.4) is 0 Å². The Bertz CT molecular complexity index is 428. The van der Waals surface area contributed by atoms with Gasteiger partial charge in [0, 0.05) is 36.9 Å². The van der Waals surface area contributed by atoms with Crippen molar-refractivity contribution < 1.29 is 9.47 Å². The lowest BCUT2D eigenvalue weighted by Gasteiger charge is -2.24. The van der Waals surface area contributed by atoms with Crippen LogP contribution in [-0.4, -0.2) is 20.8 Å². The van der Waals surface area contributed by atoms with Crippen LogP contribution in [0, 0.1) is 16.7 Å². The van der Waals surface area contributed by atoms with Gasteiger partial charge >= 0.3 is 0 Å². The van der Waals surface area contributed by atoms with Crippen LogP contribution in [0.15, 0.2) is 18.2 Å². The van der Waals surface area contributed by atoms with Gasteiger partial charge in [-0.25, -0.2) is 0 Å². The molecule has 19 heavy (non-hydrogen) atoms. The molecule has 1 rings (SSSR count). The molecular weight excluding hydrogens is 240 g/mol. The molecule has 0 radical (unpaired) electrons. The molecule has 0 atom stereocenters. The molecule has 0 aliphatic heterocycles. The van der Waals surface area contributed by atoms with Gasteiger partial charge < -0.3 is 14.8 Å². The molecule has 0 fully saturated rings. The zero-order valence-corrected chi connectivity index (χ0v) is 12.1. The summed E-state index contributed by atoms with van der Waals surface area (Å²) in [5.74, 6) is 1.52. The van der Waals surface area contributed by atoms with Gasteiger partial charge in [0.05, 0.1) is 20.3 Å². The van der Waals surface area contributed by atoms with E-state index in [0.717, 1.165) is 30.2 Å². The lowest BCUT2D eigenvalue weighted by Crippen LogP contribution is -2.22. The summed E-state index contributed by atoms with van der Waals surface area (Å²) in [5, 5.41) is 12.0. The molecule has 104 valence electrons. The summed E-state index contributed by atoms with van der Waals surface area (Å²) in [6, 6.07) is 7.90. The van der Waals surface area contributed by atoms with Gasteiger partial charge in [-0.1, -0.05) is 13.8 Å². The van der Waals surface area contributed by atoms with Gasteiger partial charge in [0.15, 0.2) is 0 Å². The van der Waals surface area contributed by atoms with Crippen molar-refractivity contribution in [3.8, 4) is 17.6 Å². The standard InChI is InChI=1S/C15H22N2O2/c1-15(2,6-5-7-16)11-17-12-8-13(18-3)10-14(9-12)19-4/h8-10,17H,5-6,11H2,1-4H3. The predicted molar refractivity (Wildman–Crippen MR) is 76.7 cm³/mol. The van der Waals surface area contributed by atoms with E-state index in [2.05, 4.69) is 25.2 Å². The van der Waals surface area contributed by atoms with Crippen molar-refractivity contribution >= 4 is 5.69 Å². The molecule has 0 aliphatic carbocycles. The molecule has 1 aromatic carbocycles. The molecule has 1 N–H and O–H groups in total. The Balaban J connectivity index is 2.69. The molecule has 0 heterocycles. The maximum absolute atomic E-state index is 8.65. The molecule has 0 unspecified atom stereocenters. The number of ether oxygens (including phenoxy) is 2. The molecular formula is C15H22N2O2. The molecule has 4 nitrogen and oxygen atoms in total. The number of hydrogen-bond donors (Lipinski definition) is 1. The number of nitriles is 1. The second-order valence-electron chi connectivity index (χ2n) is 5.28. The fourth-order valence-corrected chi connectivity index (χ4v) is 1.73. The van der Waals surface area contributed by atoms with Crippen molar-refractivity contribution in [1.82, 2.24) is 0 Å². The molecule has 0 saturated carbocycles. The van der Waals surface area contributed by atoms with E-state index < -0.39 is 0 Å². The van der Waals surface area contributed by atoms with E-state index in [-0.39, 0.29) is 5.41 Å². The van der Waals surface area contributed by atoms with Gasteiger partial charge in [0.1, 0.15) is 11.5 Å². The number of anilines is 1. The first-order chi connectivity index (χ1) is 9.00. The smallest absolute Gasteiger partial charge is 0.124 e. The molecule has 0 aliphatic rings. The van der Waals surface area contributed by atoms with Crippen LogP contribution < -0.4 is 14.8 Å². The zero-order valence-electron chi connectivity index (χ0n) is 12.1. The van der Waals surface area contributed by atoms with Crippen LogP contribution in [0.5, 0.6) is 11.5 Å². The van der Waals surface area contributed by atoms with Gasteiger partial charge in [-0.15, -0.1) is 0 Å². The van der Waals surface area contributed by atoms with Crippen LogP contribution >= 0.6 is 0 Å². The fraction of sp³-hybridized carbons (Fsp3) is 0.533. The van der Waals surface area contributed by atoms with Crippen LogP contribution in [-0.2, 0) is 0 Å². The maximum atomic E-state index is 8.65. The Morgan fingerprint density at radius 2 is 1.74 bits per heavy atom. The molecule has 0 aromatic heterocycles. The van der Waals surface area contributed by atoms with Crippen molar-refractivity contribution in [1.29, 1.82) is 5.26 Å². The lowest BCUT2D eigenvalue weighted by molar-refractivity contribution is 0.363. The van der Waals surface area contributed by atoms with Gasteiger partial charge in [0.25, 0.3) is 0 Å². The fourth-order valence-electron chi connectivity index (χ4n) is 1.73. The quantitative estimate of drug-likeness (QED) is 0.817. The third kappa shape index (κ3) is 5.09. The topological polar surface area (TPSA) is 54.3 Å². The summed E-state index contributed by atoms with van der Waals surface area (Å²) in [5.41, 5.74) is 1.03. The number of nitrogens with zero attached hydrogens (tertiary/aromatic N) is 1. The second kappa shape index (κ2) is 6.89. The number of rotatable bonds is 7. The number of methoxy groups -OCH3 is 2. The van der Waals surface area contributed by atoms with Crippen molar-refractivity contribution in [2.45, 2.75) is 26.7 Å². The number of hydrogen-bond acceptors (Lipinski definition) is 4. The van der Waals surface area contributed by atoms with Crippen LogP contribution in [0.25, 0.3) is 0 Å². The largest absolute Gasteiger partial charge is 0.497 e. The highest BCUT2D eigenvalue weighted by atomic mass is 16.5. The first-order valence-electron chi connectivity index (χ1n) is 6.34. The highest BCUT2D eigenvalue weighted by Crippen LogP contribution is 2.28. The van der Waals surface area contributed by atoms with Crippen molar-refractivity contribution in [2.24, 2.45) is 5.41 Å². The summed E-state index contributed by atoms with van der Waals surface area (Å²) in [7, 11) is 3.27. The predicted octanol–water partition coefficient (Wildman–Crippen LogP) is 3.45. The lowest BCUT2D eigenvalue weighted by atomic mass is 9.88. The highest BCUT2D eigenvalue weighted by molar-refractivity contribution is 5.53.